The van der Waals surface area contributed by atoms with E-state index in [2.05, 4.69) is 0 Å². The molecule has 0 aliphatic heterocycles. The maximum atomic E-state index is 10.9. The van der Waals surface area contributed by atoms with Gasteiger partial charge in [-0.2, -0.15) is 0 Å². The zero-order valence-electron chi connectivity index (χ0n) is 48.7. The predicted octanol–water partition coefficient (Wildman–Crippen LogP) is 9.49. The van der Waals surface area contributed by atoms with Crippen molar-refractivity contribution in [3.8, 4) is 46.0 Å². The third-order valence-electron chi connectivity index (χ3n) is 9.31. The van der Waals surface area contributed by atoms with Gasteiger partial charge in [-0.05, 0) is 97.1 Å². The number of carbonyl (C=O) groups is 8. The summed E-state index contributed by atoms with van der Waals surface area (Å²) in [7, 11) is 0. The molecule has 0 atom stereocenters. The summed E-state index contributed by atoms with van der Waals surface area (Å²) in [6, 6.07) is 20.7. The molecule has 0 heterocycles. The molecule has 0 fully saturated rings. The summed E-state index contributed by atoms with van der Waals surface area (Å²) in [4.78, 5) is 81.7. The summed E-state index contributed by atoms with van der Waals surface area (Å²) in [5.41, 5.74) is -0.0926. The molecule has 18 N–H and O–H groups in total. The molecule has 512 valence electrons. The van der Waals surface area contributed by atoms with Crippen LogP contribution in [0.3, 0.4) is 0 Å². The zero-order chi connectivity index (χ0) is 67.4. The quantitative estimate of drug-likeness (QED) is 0.0776. The predicted molar refractivity (Wildman–Crippen MR) is 360 cm³/mol. The Morgan fingerprint density at radius 3 is 0.306 bits per heavy atom. The first-order chi connectivity index (χ1) is 41.2. The first-order valence-corrected chi connectivity index (χ1v) is 28.1. The van der Waals surface area contributed by atoms with E-state index >= 15 is 0 Å². The normalized spacial score (nSPS) is 8.65. The molecule has 0 radical (unpaired) electrons. The zero-order valence-corrected chi connectivity index (χ0v) is 72.7. The van der Waals surface area contributed by atoms with E-state index in [0.717, 1.165) is 0 Å². The van der Waals surface area contributed by atoms with Crippen LogP contribution in [0.15, 0.2) is 97.1 Å². The van der Waals surface area contributed by atoms with Crippen LogP contribution in [0.5, 0.6) is 46.0 Å². The fourth-order valence-electron chi connectivity index (χ4n) is 5.34. The van der Waals surface area contributed by atoms with Crippen molar-refractivity contribution in [3.63, 3.8) is 0 Å². The second kappa shape index (κ2) is 58.9. The summed E-state index contributed by atoms with van der Waals surface area (Å²) in [6.45, 7) is 0. The molecule has 0 spiro atoms. The molecule has 0 saturated carbocycles. The van der Waals surface area contributed by atoms with Crippen LogP contribution in [0.4, 0.5) is 0 Å². The van der Waals surface area contributed by atoms with Crippen molar-refractivity contribution >= 4 is 236 Å². The molecule has 0 aliphatic rings. The molecule has 0 aromatic heterocycles. The Hall–Kier alpha value is -3.59. The molecule has 8 rings (SSSR count). The first kappa shape index (κ1) is 116. The van der Waals surface area contributed by atoms with Crippen molar-refractivity contribution in [2.24, 2.45) is 0 Å². The van der Waals surface area contributed by atoms with Crippen LogP contribution in [0.2, 0.25) is 80.4 Å². The number of carbonyl (C=O) groups excluding carboxylic acids is 8. The number of hydrogen-bond donors (Lipinski definition) is 0. The summed E-state index contributed by atoms with van der Waals surface area (Å²) >= 11 is 87.7. The molecule has 0 amide bonds. The Morgan fingerprint density at radius 1 is 0.173 bits per heavy atom. The fourth-order valence-corrected chi connectivity index (χ4v) is 9.42. The van der Waals surface area contributed by atoms with Gasteiger partial charge in [0.2, 0.25) is 0 Å². The largest absolute Gasteiger partial charge is 2.00 e. The summed E-state index contributed by atoms with van der Waals surface area (Å²) in [5, 5.41) is 89.5. The molecule has 22 nitrogen and oxygen atoms in total. The smallest absolute Gasteiger partial charge is 0.871 e. The van der Waals surface area contributed by atoms with Crippen molar-refractivity contribution in [2.75, 3.05) is 0 Å². The minimum Gasteiger partial charge on any atom is -0.871 e. The molecule has 98 heavy (non-hydrogen) atoms. The van der Waals surface area contributed by atoms with Crippen molar-refractivity contribution < 1.29 is 190 Å². The van der Waals surface area contributed by atoms with Gasteiger partial charge in [0.25, 0.3) is 0 Å². The van der Waals surface area contributed by atoms with Crippen LogP contribution in [0.1, 0.15) is 82.9 Å². The third kappa shape index (κ3) is 39.2. The molecular formula is C56H42Cl16O22Zn4+6. The van der Waals surface area contributed by atoms with Crippen molar-refractivity contribution in [3.05, 3.63) is 222 Å². The van der Waals surface area contributed by atoms with E-state index in [4.69, 9.17) is 186 Å². The van der Waals surface area contributed by atoms with Crippen molar-refractivity contribution in [1.29, 1.82) is 0 Å². The Balaban J connectivity index is -0.000000111. The number of aldehydes is 8. The van der Waals surface area contributed by atoms with Crippen LogP contribution < -0.4 is 40.9 Å². The van der Waals surface area contributed by atoms with Gasteiger partial charge in [0.1, 0.15) is 50.3 Å². The topological polar surface area (TPSA) is 519 Å². The molecule has 0 bridgehead atoms. The van der Waals surface area contributed by atoms with Gasteiger partial charge in [0, 0.05) is 125 Å². The Morgan fingerprint density at radius 2 is 0.245 bits per heavy atom. The van der Waals surface area contributed by atoms with E-state index in [-0.39, 0.29) is 236 Å². The Labute approximate surface area is 686 Å². The van der Waals surface area contributed by atoms with E-state index in [9.17, 15) is 79.2 Å². The van der Waals surface area contributed by atoms with E-state index < -0.39 is 46.0 Å². The summed E-state index contributed by atoms with van der Waals surface area (Å²) in [6.07, 6.45) is 3.45. The molecule has 42 heteroatoms. The van der Waals surface area contributed by atoms with E-state index in [0.29, 0.717) is 50.3 Å². The molecular weight excluding hydrogens is 1850 g/mol. The maximum absolute atomic E-state index is 10.9. The van der Waals surface area contributed by atoms with Gasteiger partial charge in [-0.15, -0.1) is 0 Å². The number of rotatable bonds is 8. The van der Waals surface area contributed by atoms with Crippen molar-refractivity contribution in [2.45, 2.75) is 0 Å². The molecule has 0 aliphatic carbocycles. The van der Waals surface area contributed by atoms with Crippen LogP contribution in [-0.2, 0) is 111 Å². The standard InChI is InChI=1S/8C7H4Cl2O2.6H2O.4Zn/c8*8-5-1-4(3-10)7(11)6(9)2-5;;;;;;;;;;/h8*1-3,11H;6*1H2;;;;/q;;;;;;;;;;;;;;4*+2/p-2. The Bertz CT molecular complexity index is 3150. The molecule has 0 unspecified atom stereocenters. The second-order valence-electron chi connectivity index (χ2n) is 15.4. The minimum atomic E-state index is -0.480. The van der Waals surface area contributed by atoms with Crippen LogP contribution in [0.25, 0.3) is 0 Å². The van der Waals surface area contributed by atoms with E-state index in [1.54, 1.807) is 0 Å². The van der Waals surface area contributed by atoms with Gasteiger partial charge in [-0.1, -0.05) is 232 Å². The average Bonchev–Trinajstić information content (AvgIpc) is 1.02. The van der Waals surface area contributed by atoms with Crippen LogP contribution in [0, 0.1) is 0 Å². The summed E-state index contributed by atoms with van der Waals surface area (Å²) < 4.78 is 0. The van der Waals surface area contributed by atoms with Gasteiger partial charge < -0.3 is 73.7 Å². The van der Waals surface area contributed by atoms with Crippen molar-refractivity contribution in [1.82, 2.24) is 0 Å². The first-order valence-electron chi connectivity index (χ1n) is 22.1. The van der Waals surface area contributed by atoms with Crippen LogP contribution in [-0.4, -0.2) is 50.3 Å². The number of hydrogen-bond acceptors (Lipinski definition) is 16. The fraction of sp³-hybridized carbons (Fsp3) is 0. The molecule has 8 aromatic rings. The third-order valence-corrected chi connectivity index (χ3v) is 13.3. The Kier molecular flexibility index (Phi) is 69.5. The van der Waals surface area contributed by atoms with Crippen LogP contribution >= 0.6 is 186 Å². The second-order valence-corrected chi connectivity index (χ2v) is 22.1. The molecule has 8 aromatic carbocycles. The maximum Gasteiger partial charge on any atom is 2.00 e. The number of halogens is 16. The minimum absolute atomic E-state index is 0. The monoisotopic (exact) mass is 1880 g/mol. The van der Waals surface area contributed by atoms with Gasteiger partial charge in [0.05, 0.1) is 0 Å². The van der Waals surface area contributed by atoms with Gasteiger partial charge in [0.15, 0.2) is 0 Å². The SMILES string of the molecule is O=Cc1cc(Cl)cc(Cl)c1[O-].O=Cc1cc(Cl)cc(Cl)c1[O-].O=Cc1cc(Cl)cc(Cl)c1[O-].O=Cc1cc(Cl)cc(Cl)c1[O-].O=Cc1cc(Cl)cc(Cl)c1[O-].O=Cc1cc(Cl)cc(Cl)c1[O-].O=Cc1cc(Cl)cc(Cl)c1[O-].O=Cc1cc(Cl)cc(Cl)c1[O-].[OH3+].[OH3+].[OH3+].[OH3+].[OH3+].[OH3+].[Zn+2].[Zn+2].[Zn+2].[Zn+2]. The average molecular weight is 1900 g/mol. The molecule has 0 saturated heterocycles. The number of benzene rings is 8. The van der Waals surface area contributed by atoms with E-state index in [1.807, 2.05) is 0 Å². The van der Waals surface area contributed by atoms with E-state index in [1.165, 1.54) is 97.1 Å². The van der Waals surface area contributed by atoms with Gasteiger partial charge in [-0.25, -0.2) is 0 Å². The van der Waals surface area contributed by atoms with Gasteiger partial charge >= 0.3 is 77.9 Å². The summed E-state index contributed by atoms with van der Waals surface area (Å²) in [5.74, 6) is -3.84. The van der Waals surface area contributed by atoms with Gasteiger partial charge in [-0.3, -0.25) is 38.4 Å².